The molecule has 0 saturated heterocycles. The first-order valence-electron chi connectivity index (χ1n) is 11.4. The van der Waals surface area contributed by atoms with Gasteiger partial charge in [0, 0.05) is 28.6 Å². The molecule has 35 heavy (non-hydrogen) atoms. The van der Waals surface area contributed by atoms with Gasteiger partial charge in [-0.25, -0.2) is 19.9 Å². The van der Waals surface area contributed by atoms with E-state index < -0.39 is 0 Å². The quantitative estimate of drug-likeness (QED) is 0.322. The summed E-state index contributed by atoms with van der Waals surface area (Å²) < 4.78 is 0. The zero-order valence-electron chi connectivity index (χ0n) is 18.6. The normalized spacial score (nSPS) is 15.1. The predicted octanol–water partition coefficient (Wildman–Crippen LogP) is 6.40. The molecule has 0 fully saturated rings. The Bertz CT molecular complexity index is 1550. The number of rotatable bonds is 4. The Morgan fingerprint density at radius 1 is 0.800 bits per heavy atom. The van der Waals surface area contributed by atoms with Crippen LogP contribution in [0.1, 0.15) is 34.0 Å². The van der Waals surface area contributed by atoms with E-state index in [-0.39, 0.29) is 11.7 Å². The molecule has 1 N–H and O–H groups in total. The molecule has 0 bridgehead atoms. The van der Waals surface area contributed by atoms with Crippen LogP contribution in [0.2, 0.25) is 5.02 Å². The number of fused-ring (bicyclic) bond motifs is 2. The second-order valence-corrected chi connectivity index (χ2v) is 8.97. The number of nitrogens with zero attached hydrogens (tertiary/aromatic N) is 4. The van der Waals surface area contributed by atoms with Crippen LogP contribution in [0.5, 0.6) is 0 Å². The highest BCUT2D eigenvalue weighted by atomic mass is 35.5. The van der Waals surface area contributed by atoms with E-state index in [4.69, 9.17) is 16.6 Å². The van der Waals surface area contributed by atoms with E-state index in [9.17, 15) is 4.79 Å². The Morgan fingerprint density at radius 3 is 2.40 bits per heavy atom. The maximum atomic E-state index is 12.8. The van der Waals surface area contributed by atoms with E-state index in [1.165, 1.54) is 0 Å². The zero-order chi connectivity index (χ0) is 23.8. The molecule has 6 rings (SSSR count). The molecule has 2 aromatic heterocycles. The fourth-order valence-corrected chi connectivity index (χ4v) is 4.65. The van der Waals surface area contributed by atoms with Crippen LogP contribution >= 0.6 is 11.6 Å². The van der Waals surface area contributed by atoms with Crippen LogP contribution in [0.15, 0.2) is 85.1 Å². The molecule has 1 aliphatic rings. The first-order valence-corrected chi connectivity index (χ1v) is 11.8. The smallest absolute Gasteiger partial charge is 0.230 e. The van der Waals surface area contributed by atoms with Crippen LogP contribution < -0.4 is 5.32 Å². The van der Waals surface area contributed by atoms with Gasteiger partial charge in [-0.05, 0) is 36.1 Å². The average molecular weight is 478 g/mol. The summed E-state index contributed by atoms with van der Waals surface area (Å²) in [5.41, 5.74) is 5.02. The minimum atomic E-state index is 0.0473. The average Bonchev–Trinajstić information content (AvgIpc) is 2.89. The minimum Gasteiger partial charge on any atom is -0.294 e. The van der Waals surface area contributed by atoms with E-state index >= 15 is 0 Å². The molecule has 0 aliphatic heterocycles. The molecule has 0 amide bonds. The largest absolute Gasteiger partial charge is 0.294 e. The maximum Gasteiger partial charge on any atom is 0.230 e. The topological polar surface area (TPSA) is 80.7 Å². The lowest BCUT2D eigenvalue weighted by atomic mass is 9.82. The summed E-state index contributed by atoms with van der Waals surface area (Å²) in [5.74, 6) is 0.865. The van der Waals surface area contributed by atoms with Crippen LogP contribution in [0.3, 0.4) is 0 Å². The number of benzene rings is 3. The van der Waals surface area contributed by atoms with Crippen LogP contribution in [0, 0.1) is 0 Å². The van der Waals surface area contributed by atoms with Gasteiger partial charge in [-0.2, -0.15) is 0 Å². The molecule has 7 heteroatoms. The summed E-state index contributed by atoms with van der Waals surface area (Å²) in [6, 6.07) is 25.5. The van der Waals surface area contributed by atoms with Gasteiger partial charge in [-0.15, -0.1) is 0 Å². The summed E-state index contributed by atoms with van der Waals surface area (Å²) in [6.07, 6.45) is 2.68. The van der Waals surface area contributed by atoms with Crippen molar-refractivity contribution in [2.24, 2.45) is 0 Å². The van der Waals surface area contributed by atoms with Gasteiger partial charge >= 0.3 is 0 Å². The molecular formula is C28H20ClN5O. The lowest BCUT2D eigenvalue weighted by molar-refractivity contribution is 0.0962. The van der Waals surface area contributed by atoms with Crippen LogP contribution in [0.25, 0.3) is 22.2 Å². The SMILES string of the molecule is O=C1C[C@@H](c2ccc(Cl)cc2)Cc2nc(Nc3nc(-c4ccccc4)c4ccccc4n3)ncc21. The number of carbonyl (C=O) groups is 1. The standard InChI is InChI=1S/C28H20ClN5O/c29-20-12-10-17(11-13-20)19-14-24-22(25(35)15-19)16-30-27(32-24)34-28-31-23-9-5-4-8-21(23)26(33-28)18-6-2-1-3-7-18/h1-13,16,19H,14-15H2,(H,30,31,32,33,34)/t19-/m0/s1. The molecule has 0 saturated carbocycles. The molecule has 6 nitrogen and oxygen atoms in total. The van der Waals surface area contributed by atoms with Gasteiger partial charge in [0.2, 0.25) is 11.9 Å². The summed E-state index contributed by atoms with van der Waals surface area (Å²) in [7, 11) is 0. The van der Waals surface area contributed by atoms with Crippen LogP contribution in [-0.2, 0) is 6.42 Å². The Hall–Kier alpha value is -4.16. The zero-order valence-corrected chi connectivity index (χ0v) is 19.4. The van der Waals surface area contributed by atoms with Crippen molar-refractivity contribution >= 4 is 40.2 Å². The third kappa shape index (κ3) is 4.24. The maximum absolute atomic E-state index is 12.8. The molecule has 170 valence electrons. The van der Waals surface area contributed by atoms with Crippen molar-refractivity contribution in [3.05, 3.63) is 107 Å². The highest BCUT2D eigenvalue weighted by Crippen LogP contribution is 2.33. The van der Waals surface area contributed by atoms with Gasteiger partial charge in [-0.3, -0.25) is 10.1 Å². The Labute approximate surface area is 207 Å². The fraction of sp³-hybridized carbons (Fsp3) is 0.107. The fourth-order valence-electron chi connectivity index (χ4n) is 4.52. The van der Waals surface area contributed by atoms with Crippen LogP contribution in [0.4, 0.5) is 11.9 Å². The minimum absolute atomic E-state index is 0.0473. The number of anilines is 2. The van der Waals surface area contributed by atoms with Crippen molar-refractivity contribution in [2.75, 3.05) is 5.32 Å². The number of Topliss-reactive ketones (excluding diaryl/α,β-unsaturated/α-hetero) is 1. The predicted molar refractivity (Wildman–Crippen MR) is 137 cm³/mol. The summed E-state index contributed by atoms with van der Waals surface area (Å²) >= 11 is 6.04. The lowest BCUT2D eigenvalue weighted by Gasteiger charge is -2.23. The summed E-state index contributed by atoms with van der Waals surface area (Å²) in [6.45, 7) is 0. The number of hydrogen-bond donors (Lipinski definition) is 1. The van der Waals surface area contributed by atoms with E-state index in [2.05, 4.69) is 20.3 Å². The molecule has 0 radical (unpaired) electrons. The number of para-hydroxylation sites is 1. The Morgan fingerprint density at radius 2 is 1.57 bits per heavy atom. The molecule has 1 atom stereocenters. The van der Waals surface area contributed by atoms with Crippen molar-refractivity contribution in [2.45, 2.75) is 18.8 Å². The van der Waals surface area contributed by atoms with Crippen LogP contribution in [-0.4, -0.2) is 25.7 Å². The highest BCUT2D eigenvalue weighted by molar-refractivity contribution is 6.30. The Balaban J connectivity index is 1.34. The van der Waals surface area contributed by atoms with Crippen molar-refractivity contribution in [1.82, 2.24) is 19.9 Å². The number of carbonyl (C=O) groups excluding carboxylic acids is 1. The number of ketones is 1. The monoisotopic (exact) mass is 477 g/mol. The second kappa shape index (κ2) is 8.89. The third-order valence-corrected chi connectivity index (χ3v) is 6.51. The van der Waals surface area contributed by atoms with Gasteiger partial charge in [0.25, 0.3) is 0 Å². The number of nitrogens with one attached hydrogen (secondary N) is 1. The Kier molecular flexibility index (Phi) is 5.43. The van der Waals surface area contributed by atoms with Gasteiger partial charge in [0.1, 0.15) is 0 Å². The summed E-state index contributed by atoms with van der Waals surface area (Å²) in [5, 5.41) is 4.80. The third-order valence-electron chi connectivity index (χ3n) is 6.26. The molecule has 1 aliphatic carbocycles. The molecule has 2 heterocycles. The summed E-state index contributed by atoms with van der Waals surface area (Å²) in [4.78, 5) is 31.3. The van der Waals surface area contributed by atoms with E-state index in [1.54, 1.807) is 6.20 Å². The molecule has 0 spiro atoms. The molecular weight excluding hydrogens is 458 g/mol. The van der Waals surface area contributed by atoms with Crippen molar-refractivity contribution in [1.29, 1.82) is 0 Å². The van der Waals surface area contributed by atoms with E-state index in [1.807, 2.05) is 78.9 Å². The second-order valence-electron chi connectivity index (χ2n) is 8.54. The number of halogens is 1. The van der Waals surface area contributed by atoms with E-state index in [0.717, 1.165) is 33.4 Å². The van der Waals surface area contributed by atoms with Gasteiger partial charge in [-0.1, -0.05) is 72.3 Å². The van der Waals surface area contributed by atoms with Crippen molar-refractivity contribution in [3.63, 3.8) is 0 Å². The first kappa shape index (κ1) is 21.4. The van der Waals surface area contributed by atoms with Gasteiger partial charge in [0.15, 0.2) is 5.78 Å². The number of hydrogen-bond acceptors (Lipinski definition) is 6. The van der Waals surface area contributed by atoms with Gasteiger partial charge in [0.05, 0.1) is 22.5 Å². The highest BCUT2D eigenvalue weighted by Gasteiger charge is 2.28. The molecule has 3 aromatic carbocycles. The van der Waals surface area contributed by atoms with E-state index in [0.29, 0.717) is 35.3 Å². The lowest BCUT2D eigenvalue weighted by Crippen LogP contribution is -2.21. The van der Waals surface area contributed by atoms with Crippen molar-refractivity contribution in [3.8, 4) is 11.3 Å². The molecule has 5 aromatic rings. The molecule has 0 unspecified atom stereocenters. The van der Waals surface area contributed by atoms with Crippen molar-refractivity contribution < 1.29 is 4.79 Å². The van der Waals surface area contributed by atoms with Gasteiger partial charge < -0.3 is 0 Å². The number of aromatic nitrogens is 4. The first-order chi connectivity index (χ1) is 17.1.